The number of hydrogen-bond acceptors (Lipinski definition) is 4. The molecular weight excluding hydrogens is 433 g/mol. The number of carbonyl (C=O) groups excluding carboxylic acids is 1. The van der Waals surface area contributed by atoms with Crippen LogP contribution in [0.15, 0.2) is 36.7 Å². The van der Waals surface area contributed by atoms with Gasteiger partial charge in [-0.25, -0.2) is 4.98 Å². The average Bonchev–Trinajstić information content (AvgIpc) is 3.49. The summed E-state index contributed by atoms with van der Waals surface area (Å²) in [5.74, 6) is 1.94. The molecule has 2 fully saturated rings. The fraction of sp³-hybridized carbons (Fsp3) is 0.391. The molecule has 8 heteroatoms. The lowest BCUT2D eigenvalue weighted by molar-refractivity contribution is -0.131. The van der Waals surface area contributed by atoms with Crippen molar-refractivity contribution in [2.45, 2.75) is 25.8 Å². The van der Waals surface area contributed by atoms with Gasteiger partial charge in [-0.1, -0.05) is 29.3 Å². The summed E-state index contributed by atoms with van der Waals surface area (Å²) in [4.78, 5) is 21.3. The molecule has 31 heavy (non-hydrogen) atoms. The molecule has 1 aromatic carbocycles. The molecule has 1 saturated heterocycles. The highest BCUT2D eigenvalue weighted by Gasteiger charge is 2.29. The van der Waals surface area contributed by atoms with Crippen LogP contribution in [-0.2, 0) is 11.3 Å². The first kappa shape index (κ1) is 20.6. The molecule has 1 saturated carbocycles. The summed E-state index contributed by atoms with van der Waals surface area (Å²) in [6.45, 7) is 3.46. The van der Waals surface area contributed by atoms with E-state index in [1.54, 1.807) is 6.07 Å². The highest BCUT2D eigenvalue weighted by atomic mass is 35.5. The maximum absolute atomic E-state index is 12.4. The summed E-state index contributed by atoms with van der Waals surface area (Å²) >= 11 is 12.6. The third kappa shape index (κ3) is 4.12. The number of aromatic nitrogens is 2. The molecule has 2 aliphatic rings. The number of carbonyl (C=O) groups is 1. The van der Waals surface area contributed by atoms with Gasteiger partial charge in [0.1, 0.15) is 11.5 Å². The molecule has 1 amide bonds. The molecule has 1 aliphatic carbocycles. The van der Waals surface area contributed by atoms with Gasteiger partial charge in [-0.2, -0.15) is 0 Å². The Morgan fingerprint density at radius 3 is 2.55 bits per heavy atom. The second-order valence-corrected chi connectivity index (χ2v) is 9.24. The molecular formula is C23H25Cl2N5O. The minimum atomic E-state index is 0.299. The normalized spacial score (nSPS) is 16.9. The van der Waals surface area contributed by atoms with Gasteiger partial charge in [-0.3, -0.25) is 9.20 Å². The van der Waals surface area contributed by atoms with Crippen LogP contribution in [-0.4, -0.2) is 46.4 Å². The quantitative estimate of drug-likeness (QED) is 0.622. The predicted octanol–water partition coefficient (Wildman–Crippen LogP) is 4.22. The second kappa shape index (κ2) is 8.34. The Labute approximate surface area is 191 Å². The number of amides is 1. The minimum absolute atomic E-state index is 0.299. The van der Waals surface area contributed by atoms with Crippen LogP contribution < -0.4 is 10.6 Å². The van der Waals surface area contributed by atoms with Crippen molar-refractivity contribution in [3.63, 3.8) is 0 Å². The summed E-state index contributed by atoms with van der Waals surface area (Å²) in [6, 6.07) is 7.51. The van der Waals surface area contributed by atoms with E-state index in [0.717, 1.165) is 54.3 Å². The molecule has 6 nitrogen and oxygen atoms in total. The molecule has 2 N–H and O–H groups in total. The van der Waals surface area contributed by atoms with E-state index < -0.39 is 0 Å². The first-order chi connectivity index (χ1) is 15.0. The SMILES string of the molecule is NCc1cc2ncc(N3CCN(C(=O)CC4CC4)CC3)n2cc1-c1ccc(Cl)cc1Cl. The molecule has 0 spiro atoms. The maximum atomic E-state index is 12.4. The van der Waals surface area contributed by atoms with E-state index >= 15 is 0 Å². The van der Waals surface area contributed by atoms with Gasteiger partial charge >= 0.3 is 0 Å². The van der Waals surface area contributed by atoms with E-state index in [9.17, 15) is 4.79 Å². The van der Waals surface area contributed by atoms with Crippen molar-refractivity contribution in [3.8, 4) is 11.1 Å². The van der Waals surface area contributed by atoms with Crippen LogP contribution >= 0.6 is 23.2 Å². The molecule has 0 unspecified atom stereocenters. The van der Waals surface area contributed by atoms with E-state index in [4.69, 9.17) is 28.9 Å². The van der Waals surface area contributed by atoms with Crippen LogP contribution in [0, 0.1) is 5.92 Å². The summed E-state index contributed by atoms with van der Waals surface area (Å²) in [5, 5.41) is 1.19. The Morgan fingerprint density at radius 2 is 1.87 bits per heavy atom. The van der Waals surface area contributed by atoms with E-state index in [-0.39, 0.29) is 0 Å². The molecule has 2 aromatic heterocycles. The van der Waals surface area contributed by atoms with Crippen LogP contribution in [0.5, 0.6) is 0 Å². The molecule has 3 aromatic rings. The van der Waals surface area contributed by atoms with Crippen molar-refractivity contribution in [2.75, 3.05) is 31.1 Å². The zero-order valence-electron chi connectivity index (χ0n) is 17.2. The van der Waals surface area contributed by atoms with Gasteiger partial charge < -0.3 is 15.5 Å². The number of piperazine rings is 1. The minimum Gasteiger partial charge on any atom is -0.353 e. The van der Waals surface area contributed by atoms with Crippen LogP contribution in [0.25, 0.3) is 16.8 Å². The monoisotopic (exact) mass is 457 g/mol. The second-order valence-electron chi connectivity index (χ2n) is 8.40. The molecule has 5 rings (SSSR count). The van der Waals surface area contributed by atoms with E-state index in [1.807, 2.05) is 29.3 Å². The number of imidazole rings is 1. The smallest absolute Gasteiger partial charge is 0.222 e. The van der Waals surface area contributed by atoms with Crippen LogP contribution in [0.1, 0.15) is 24.8 Å². The van der Waals surface area contributed by atoms with Gasteiger partial charge in [0.15, 0.2) is 0 Å². The fourth-order valence-electron chi connectivity index (χ4n) is 4.29. The number of anilines is 1. The van der Waals surface area contributed by atoms with Crippen molar-refractivity contribution in [2.24, 2.45) is 11.7 Å². The van der Waals surface area contributed by atoms with Crippen molar-refractivity contribution in [1.29, 1.82) is 0 Å². The third-order valence-corrected chi connectivity index (χ3v) is 6.82. The molecule has 0 radical (unpaired) electrons. The highest BCUT2D eigenvalue weighted by molar-refractivity contribution is 6.36. The van der Waals surface area contributed by atoms with Crippen molar-refractivity contribution >= 4 is 40.6 Å². The standard InChI is InChI=1S/C23H25Cl2N5O/c24-17-3-4-18(20(25)11-17)19-14-30-21(10-16(19)12-26)27-13-22(30)28-5-7-29(8-6-28)23(31)9-15-1-2-15/h3-4,10-11,13-15H,1-2,5-9,12,26H2. The lowest BCUT2D eigenvalue weighted by Crippen LogP contribution is -2.49. The third-order valence-electron chi connectivity index (χ3n) is 6.27. The Hall–Kier alpha value is -2.28. The topological polar surface area (TPSA) is 66.9 Å². The Bertz CT molecular complexity index is 1130. The maximum Gasteiger partial charge on any atom is 0.222 e. The van der Waals surface area contributed by atoms with Gasteiger partial charge in [0.05, 0.1) is 6.20 Å². The van der Waals surface area contributed by atoms with Crippen molar-refractivity contribution in [3.05, 3.63) is 52.3 Å². The van der Waals surface area contributed by atoms with Gasteiger partial charge in [-0.05, 0) is 42.5 Å². The Morgan fingerprint density at radius 1 is 1.10 bits per heavy atom. The number of rotatable bonds is 5. The largest absolute Gasteiger partial charge is 0.353 e. The number of nitrogens with two attached hydrogens (primary N) is 1. The fourth-order valence-corrected chi connectivity index (χ4v) is 4.80. The summed E-state index contributed by atoms with van der Waals surface area (Å²) in [7, 11) is 0. The first-order valence-corrected chi connectivity index (χ1v) is 11.5. The lowest BCUT2D eigenvalue weighted by atomic mass is 10.0. The van der Waals surface area contributed by atoms with E-state index in [1.165, 1.54) is 12.8 Å². The zero-order valence-corrected chi connectivity index (χ0v) is 18.7. The molecule has 3 heterocycles. The number of fused-ring (bicyclic) bond motifs is 1. The molecule has 162 valence electrons. The van der Waals surface area contributed by atoms with Gasteiger partial charge in [0.2, 0.25) is 5.91 Å². The van der Waals surface area contributed by atoms with Gasteiger partial charge in [-0.15, -0.1) is 0 Å². The molecule has 1 aliphatic heterocycles. The lowest BCUT2D eigenvalue weighted by Gasteiger charge is -2.35. The highest BCUT2D eigenvalue weighted by Crippen LogP contribution is 2.35. The van der Waals surface area contributed by atoms with Gasteiger partial charge in [0.25, 0.3) is 0 Å². The first-order valence-electron chi connectivity index (χ1n) is 10.7. The molecule has 0 atom stereocenters. The number of halogens is 2. The number of nitrogens with zero attached hydrogens (tertiary/aromatic N) is 4. The average molecular weight is 458 g/mol. The summed E-state index contributed by atoms with van der Waals surface area (Å²) in [6.07, 6.45) is 7.07. The van der Waals surface area contributed by atoms with Crippen LogP contribution in [0.2, 0.25) is 10.0 Å². The van der Waals surface area contributed by atoms with Crippen LogP contribution in [0.4, 0.5) is 5.82 Å². The van der Waals surface area contributed by atoms with E-state index in [2.05, 4.69) is 20.5 Å². The number of hydrogen-bond donors (Lipinski definition) is 1. The Balaban J connectivity index is 1.43. The van der Waals surface area contributed by atoms with Crippen LogP contribution in [0.3, 0.4) is 0 Å². The summed E-state index contributed by atoms with van der Waals surface area (Å²) < 4.78 is 2.08. The Kier molecular flexibility index (Phi) is 5.54. The number of benzene rings is 1. The van der Waals surface area contributed by atoms with Crippen molar-refractivity contribution < 1.29 is 4.79 Å². The summed E-state index contributed by atoms with van der Waals surface area (Å²) in [5.41, 5.74) is 9.72. The predicted molar refractivity (Wildman–Crippen MR) is 125 cm³/mol. The van der Waals surface area contributed by atoms with Crippen molar-refractivity contribution in [1.82, 2.24) is 14.3 Å². The zero-order chi connectivity index (χ0) is 21.5. The molecule has 0 bridgehead atoms. The van der Waals surface area contributed by atoms with Gasteiger partial charge in [0, 0.05) is 66.5 Å². The van der Waals surface area contributed by atoms with E-state index in [0.29, 0.717) is 34.8 Å². The number of pyridine rings is 1.